The molecule has 0 spiro atoms. The molecule has 0 aromatic carbocycles. The highest BCUT2D eigenvalue weighted by molar-refractivity contribution is 7.13. The number of nitriles is 2. The molecule has 0 saturated heterocycles. The molecule has 0 saturated carbocycles. The van der Waals surface area contributed by atoms with Crippen molar-refractivity contribution < 1.29 is 4.79 Å². The summed E-state index contributed by atoms with van der Waals surface area (Å²) in [5.74, 6) is -0.519. The monoisotopic (exact) mass is 297 g/mol. The molecular formula is C14H11N5OS. The van der Waals surface area contributed by atoms with E-state index in [4.69, 9.17) is 10.5 Å². The first kappa shape index (κ1) is 14.5. The molecule has 0 atom stereocenters. The first-order valence-electron chi connectivity index (χ1n) is 5.96. The Labute approximate surface area is 125 Å². The molecule has 0 bridgehead atoms. The van der Waals surface area contributed by atoms with Crippen LogP contribution in [0.4, 0.5) is 5.13 Å². The topological polar surface area (TPSA) is 94.5 Å². The Morgan fingerprint density at radius 1 is 1.52 bits per heavy atom. The van der Waals surface area contributed by atoms with Crippen LogP contribution in [0.3, 0.4) is 0 Å². The summed E-state index contributed by atoms with van der Waals surface area (Å²) < 4.78 is 1.71. The van der Waals surface area contributed by atoms with Crippen LogP contribution in [0.1, 0.15) is 17.0 Å². The predicted octanol–water partition coefficient (Wildman–Crippen LogP) is 2.21. The van der Waals surface area contributed by atoms with Crippen LogP contribution in [0, 0.1) is 29.6 Å². The van der Waals surface area contributed by atoms with Crippen molar-refractivity contribution in [2.75, 3.05) is 5.32 Å². The molecule has 1 N–H and O–H groups in total. The van der Waals surface area contributed by atoms with Gasteiger partial charge in [0.15, 0.2) is 5.13 Å². The van der Waals surface area contributed by atoms with Crippen molar-refractivity contribution in [1.29, 1.82) is 10.5 Å². The quantitative estimate of drug-likeness (QED) is 0.694. The van der Waals surface area contributed by atoms with Crippen molar-refractivity contribution in [2.45, 2.75) is 6.92 Å². The normalized spacial score (nSPS) is 10.8. The van der Waals surface area contributed by atoms with E-state index in [1.165, 1.54) is 17.4 Å². The maximum atomic E-state index is 12.0. The number of hydrogen-bond acceptors (Lipinski definition) is 5. The van der Waals surface area contributed by atoms with E-state index in [0.717, 1.165) is 5.69 Å². The van der Waals surface area contributed by atoms with Gasteiger partial charge >= 0.3 is 0 Å². The molecule has 0 radical (unpaired) electrons. The Balaban J connectivity index is 2.31. The van der Waals surface area contributed by atoms with Crippen molar-refractivity contribution in [1.82, 2.24) is 9.55 Å². The van der Waals surface area contributed by atoms with Crippen LogP contribution in [-0.4, -0.2) is 15.5 Å². The number of aromatic nitrogens is 2. The van der Waals surface area contributed by atoms with E-state index in [1.807, 2.05) is 13.0 Å². The van der Waals surface area contributed by atoms with E-state index in [9.17, 15) is 4.79 Å². The predicted molar refractivity (Wildman–Crippen MR) is 79.2 cm³/mol. The first-order valence-corrected chi connectivity index (χ1v) is 6.84. The lowest BCUT2D eigenvalue weighted by molar-refractivity contribution is -0.112. The number of amides is 1. The van der Waals surface area contributed by atoms with E-state index < -0.39 is 5.91 Å². The average Bonchev–Trinajstić information content (AvgIpc) is 3.07. The van der Waals surface area contributed by atoms with Gasteiger partial charge in [0.2, 0.25) is 0 Å². The van der Waals surface area contributed by atoms with Crippen molar-refractivity contribution >= 4 is 28.5 Å². The maximum Gasteiger partial charge on any atom is 0.268 e. The summed E-state index contributed by atoms with van der Waals surface area (Å²) in [7, 11) is 1.76. The fourth-order valence-corrected chi connectivity index (χ4v) is 2.25. The van der Waals surface area contributed by atoms with Crippen LogP contribution in [0.15, 0.2) is 23.2 Å². The fourth-order valence-electron chi connectivity index (χ4n) is 1.73. The molecule has 0 aliphatic carbocycles. The van der Waals surface area contributed by atoms with Gasteiger partial charge in [-0.25, -0.2) is 4.98 Å². The third-order valence-electron chi connectivity index (χ3n) is 3.01. The van der Waals surface area contributed by atoms with Crippen molar-refractivity contribution in [3.8, 4) is 12.1 Å². The highest BCUT2D eigenvalue weighted by atomic mass is 32.1. The SMILES string of the molecule is Cc1c(C=C(C#N)C(=O)Nc2nccs2)cc(C#N)n1C. The third-order valence-corrected chi connectivity index (χ3v) is 3.70. The molecule has 0 aliphatic rings. The van der Waals surface area contributed by atoms with E-state index >= 15 is 0 Å². The number of hydrogen-bond donors (Lipinski definition) is 1. The summed E-state index contributed by atoms with van der Waals surface area (Å²) in [5.41, 5.74) is 1.90. The molecule has 2 rings (SSSR count). The second kappa shape index (κ2) is 6.04. The number of nitrogens with zero attached hydrogens (tertiary/aromatic N) is 4. The van der Waals surface area contributed by atoms with Crippen LogP contribution in [0.5, 0.6) is 0 Å². The minimum Gasteiger partial charge on any atom is -0.339 e. The number of nitrogens with one attached hydrogen (secondary N) is 1. The lowest BCUT2D eigenvalue weighted by atomic mass is 10.1. The largest absolute Gasteiger partial charge is 0.339 e. The van der Waals surface area contributed by atoms with Crippen molar-refractivity contribution in [3.63, 3.8) is 0 Å². The zero-order chi connectivity index (χ0) is 15.4. The highest BCUT2D eigenvalue weighted by Gasteiger charge is 2.13. The van der Waals surface area contributed by atoms with Crippen molar-refractivity contribution in [2.24, 2.45) is 7.05 Å². The van der Waals surface area contributed by atoms with Crippen LogP contribution >= 0.6 is 11.3 Å². The Bertz CT molecular complexity index is 787. The van der Waals surface area contributed by atoms with Crippen LogP contribution < -0.4 is 5.32 Å². The average molecular weight is 297 g/mol. The zero-order valence-corrected chi connectivity index (χ0v) is 12.2. The third kappa shape index (κ3) is 2.99. The van der Waals surface area contributed by atoms with E-state index in [2.05, 4.69) is 16.4 Å². The molecule has 21 heavy (non-hydrogen) atoms. The summed E-state index contributed by atoms with van der Waals surface area (Å²) in [5, 5.41) is 22.8. The zero-order valence-electron chi connectivity index (χ0n) is 11.4. The van der Waals surface area contributed by atoms with Gasteiger partial charge in [0.25, 0.3) is 5.91 Å². The van der Waals surface area contributed by atoms with Crippen LogP contribution in [0.2, 0.25) is 0 Å². The smallest absolute Gasteiger partial charge is 0.268 e. The van der Waals surface area contributed by atoms with Gasteiger partial charge < -0.3 is 4.57 Å². The number of rotatable bonds is 3. The van der Waals surface area contributed by atoms with Crippen LogP contribution in [0.25, 0.3) is 6.08 Å². The highest BCUT2D eigenvalue weighted by Crippen LogP contribution is 2.18. The van der Waals surface area contributed by atoms with E-state index in [0.29, 0.717) is 16.4 Å². The molecule has 0 unspecified atom stereocenters. The lowest BCUT2D eigenvalue weighted by Crippen LogP contribution is -2.13. The molecule has 104 valence electrons. The lowest BCUT2D eigenvalue weighted by Gasteiger charge is -2.01. The Hall–Kier alpha value is -2.90. The van der Waals surface area contributed by atoms with E-state index in [1.54, 1.807) is 29.3 Å². The summed E-state index contributed by atoms with van der Waals surface area (Å²) in [4.78, 5) is 15.9. The molecule has 2 heterocycles. The van der Waals surface area contributed by atoms with E-state index in [-0.39, 0.29) is 5.57 Å². The molecule has 1 amide bonds. The number of anilines is 1. The summed E-state index contributed by atoms with van der Waals surface area (Å²) >= 11 is 1.27. The fraction of sp³-hybridized carbons (Fsp3) is 0.143. The van der Waals surface area contributed by atoms with Gasteiger partial charge in [0.1, 0.15) is 23.4 Å². The molecule has 0 fully saturated rings. The van der Waals surface area contributed by atoms with Crippen LogP contribution in [-0.2, 0) is 11.8 Å². The maximum absolute atomic E-state index is 12.0. The van der Waals surface area contributed by atoms with Gasteiger partial charge in [0.05, 0.1) is 0 Å². The summed E-state index contributed by atoms with van der Waals surface area (Å²) in [6, 6.07) is 5.57. The van der Waals surface area contributed by atoms with Gasteiger partial charge in [-0.05, 0) is 24.6 Å². The Morgan fingerprint density at radius 3 is 2.81 bits per heavy atom. The molecule has 7 heteroatoms. The van der Waals surface area contributed by atoms with Gasteiger partial charge in [0, 0.05) is 24.3 Å². The van der Waals surface area contributed by atoms with Gasteiger partial charge in [-0.15, -0.1) is 11.3 Å². The molecule has 2 aromatic rings. The number of carbonyl (C=O) groups excluding carboxylic acids is 1. The summed E-state index contributed by atoms with van der Waals surface area (Å²) in [6.07, 6.45) is 3.04. The molecule has 2 aromatic heterocycles. The molecule has 0 aliphatic heterocycles. The number of carbonyl (C=O) groups is 1. The van der Waals surface area contributed by atoms with Gasteiger partial charge in [-0.2, -0.15) is 10.5 Å². The van der Waals surface area contributed by atoms with Gasteiger partial charge in [-0.1, -0.05) is 0 Å². The second-order valence-electron chi connectivity index (χ2n) is 4.20. The minimum atomic E-state index is -0.519. The molecular weight excluding hydrogens is 286 g/mol. The first-order chi connectivity index (χ1) is 10.1. The van der Waals surface area contributed by atoms with Crippen molar-refractivity contribution in [3.05, 3.63) is 40.2 Å². The summed E-state index contributed by atoms with van der Waals surface area (Å²) in [6.45, 7) is 1.82. The standard InChI is InChI=1S/C14H11N5OS/c1-9-10(6-12(8-16)19(9)2)5-11(7-15)13(20)18-14-17-3-4-21-14/h3-6H,1-2H3,(H,17,18,20). The molecule has 6 nitrogen and oxygen atoms in total. The second-order valence-corrected chi connectivity index (χ2v) is 5.10. The number of thiazole rings is 1. The minimum absolute atomic E-state index is 0.0385. The Morgan fingerprint density at radius 2 is 2.29 bits per heavy atom. The Kier molecular flexibility index (Phi) is 4.17. The van der Waals surface area contributed by atoms with Gasteiger partial charge in [-0.3, -0.25) is 10.1 Å².